The van der Waals surface area contributed by atoms with E-state index < -0.39 is 0 Å². The van der Waals surface area contributed by atoms with E-state index in [1.165, 1.54) is 0 Å². The van der Waals surface area contributed by atoms with Crippen molar-refractivity contribution < 1.29 is 9.53 Å². The van der Waals surface area contributed by atoms with E-state index in [0.29, 0.717) is 37.5 Å². The molecule has 1 aliphatic heterocycles. The number of aromatic nitrogens is 1. The number of nitrogens with zero attached hydrogens (tertiary/aromatic N) is 1. The second-order valence-electron chi connectivity index (χ2n) is 6.06. The fraction of sp³-hybridized carbons (Fsp3) is 0.588. The minimum absolute atomic E-state index is 0.0147. The van der Waals surface area contributed by atoms with Gasteiger partial charge in [-0.3, -0.25) is 9.59 Å². The van der Waals surface area contributed by atoms with E-state index in [-0.39, 0.29) is 17.0 Å². The molecular formula is C17H23N3O3. The van der Waals surface area contributed by atoms with E-state index in [2.05, 4.69) is 10.3 Å². The maximum absolute atomic E-state index is 12.0. The lowest BCUT2D eigenvalue weighted by molar-refractivity contribution is -0.121. The molecule has 2 heterocycles. The van der Waals surface area contributed by atoms with Crippen molar-refractivity contribution in [2.24, 2.45) is 5.92 Å². The van der Waals surface area contributed by atoms with Gasteiger partial charge in [0.05, 0.1) is 6.61 Å². The Morgan fingerprint density at radius 3 is 2.91 bits per heavy atom. The van der Waals surface area contributed by atoms with Gasteiger partial charge in [0.25, 0.3) is 5.56 Å². The van der Waals surface area contributed by atoms with Crippen molar-refractivity contribution in [2.45, 2.75) is 39.5 Å². The third-order valence-electron chi connectivity index (χ3n) is 4.36. The van der Waals surface area contributed by atoms with Gasteiger partial charge in [-0.25, -0.2) is 0 Å². The normalized spacial score (nSPS) is 17.5. The van der Waals surface area contributed by atoms with Crippen LogP contribution in [0.5, 0.6) is 0 Å². The zero-order chi connectivity index (χ0) is 16.8. The number of hydrogen-bond donors (Lipinski definition) is 2. The highest BCUT2D eigenvalue weighted by Crippen LogP contribution is 2.15. The average Bonchev–Trinajstić information content (AvgIpc) is 2.53. The Kier molecular flexibility index (Phi) is 5.94. The minimum atomic E-state index is -0.368. The molecule has 0 unspecified atom stereocenters. The summed E-state index contributed by atoms with van der Waals surface area (Å²) in [4.78, 5) is 26.4. The van der Waals surface area contributed by atoms with E-state index in [1.807, 2.05) is 6.07 Å². The molecule has 23 heavy (non-hydrogen) atoms. The zero-order valence-corrected chi connectivity index (χ0v) is 13.7. The lowest BCUT2D eigenvalue weighted by Crippen LogP contribution is -2.33. The van der Waals surface area contributed by atoms with Gasteiger partial charge in [-0.2, -0.15) is 5.26 Å². The summed E-state index contributed by atoms with van der Waals surface area (Å²) in [6.07, 6.45) is 2.99. The summed E-state index contributed by atoms with van der Waals surface area (Å²) in [5, 5.41) is 12.0. The van der Waals surface area contributed by atoms with Crippen molar-refractivity contribution in [1.82, 2.24) is 10.3 Å². The summed E-state index contributed by atoms with van der Waals surface area (Å²) in [6, 6.07) is 1.93. The number of H-pyrrole nitrogens is 1. The van der Waals surface area contributed by atoms with Gasteiger partial charge in [0, 0.05) is 25.3 Å². The number of nitrogens with one attached hydrogen (secondary N) is 2. The number of carbonyl (C=O) groups is 1. The Morgan fingerprint density at radius 2 is 2.26 bits per heavy atom. The molecule has 6 nitrogen and oxygen atoms in total. The van der Waals surface area contributed by atoms with E-state index in [0.717, 1.165) is 30.7 Å². The Hall–Kier alpha value is -2.13. The number of aryl methyl sites for hydroxylation is 1. The number of rotatable bonds is 5. The molecule has 6 heteroatoms. The van der Waals surface area contributed by atoms with Gasteiger partial charge in [-0.15, -0.1) is 0 Å². The van der Waals surface area contributed by atoms with Gasteiger partial charge in [-0.1, -0.05) is 0 Å². The predicted molar refractivity (Wildman–Crippen MR) is 86.1 cm³/mol. The number of hydrogen-bond acceptors (Lipinski definition) is 4. The van der Waals surface area contributed by atoms with Crippen LogP contribution in [0.2, 0.25) is 0 Å². The van der Waals surface area contributed by atoms with Crippen molar-refractivity contribution >= 4 is 5.91 Å². The molecule has 0 aliphatic carbocycles. The number of aromatic amines is 1. The molecule has 0 saturated carbocycles. The quantitative estimate of drug-likeness (QED) is 0.856. The summed E-state index contributed by atoms with van der Waals surface area (Å²) >= 11 is 0. The van der Waals surface area contributed by atoms with Crippen LogP contribution in [-0.2, 0) is 16.0 Å². The Labute approximate surface area is 135 Å². The van der Waals surface area contributed by atoms with Crippen molar-refractivity contribution in [3.63, 3.8) is 0 Å². The molecule has 1 aromatic rings. The van der Waals surface area contributed by atoms with Gasteiger partial charge >= 0.3 is 0 Å². The second kappa shape index (κ2) is 7.93. The van der Waals surface area contributed by atoms with Crippen LogP contribution >= 0.6 is 0 Å². The lowest BCUT2D eigenvalue weighted by Gasteiger charge is -2.22. The number of carbonyl (C=O) groups excluding carboxylic acids is 1. The Balaban J connectivity index is 1.91. The van der Waals surface area contributed by atoms with Crippen LogP contribution < -0.4 is 10.9 Å². The first-order valence-electron chi connectivity index (χ1n) is 7.99. The van der Waals surface area contributed by atoms with Crippen LogP contribution in [0.25, 0.3) is 0 Å². The van der Waals surface area contributed by atoms with Crippen molar-refractivity contribution in [3.8, 4) is 6.07 Å². The van der Waals surface area contributed by atoms with Crippen LogP contribution in [0.4, 0.5) is 0 Å². The van der Waals surface area contributed by atoms with E-state index in [4.69, 9.17) is 10.00 Å². The molecule has 0 radical (unpaired) electrons. The summed E-state index contributed by atoms with van der Waals surface area (Å²) in [7, 11) is 0. The van der Waals surface area contributed by atoms with Gasteiger partial charge in [0.1, 0.15) is 11.6 Å². The molecule has 0 spiro atoms. The highest BCUT2D eigenvalue weighted by atomic mass is 16.5. The summed E-state index contributed by atoms with van der Waals surface area (Å²) < 4.78 is 5.40. The summed E-state index contributed by atoms with van der Waals surface area (Å²) in [5.74, 6) is 0.383. The SMILES string of the molecule is Cc1[nH]c(=O)c(C#N)c(C)c1CCC(=O)NC[C@@H]1CCCOC1. The molecule has 1 aromatic heterocycles. The zero-order valence-electron chi connectivity index (χ0n) is 13.7. The first-order chi connectivity index (χ1) is 11.0. The van der Waals surface area contributed by atoms with Crippen molar-refractivity contribution in [3.05, 3.63) is 32.7 Å². The number of amides is 1. The average molecular weight is 317 g/mol. The van der Waals surface area contributed by atoms with Crippen LogP contribution in [0.3, 0.4) is 0 Å². The van der Waals surface area contributed by atoms with Gasteiger partial charge in [0.15, 0.2) is 0 Å². The second-order valence-corrected chi connectivity index (χ2v) is 6.06. The van der Waals surface area contributed by atoms with Crippen LogP contribution in [0.1, 0.15) is 41.6 Å². The maximum Gasteiger partial charge on any atom is 0.266 e. The third kappa shape index (κ3) is 4.42. The fourth-order valence-electron chi connectivity index (χ4n) is 2.97. The van der Waals surface area contributed by atoms with Crippen LogP contribution in [0, 0.1) is 31.1 Å². The highest BCUT2D eigenvalue weighted by Gasteiger charge is 2.16. The largest absolute Gasteiger partial charge is 0.381 e. The molecule has 0 aromatic carbocycles. The molecule has 2 rings (SSSR count). The van der Waals surface area contributed by atoms with Gasteiger partial charge < -0.3 is 15.0 Å². The summed E-state index contributed by atoms with van der Waals surface area (Å²) in [6.45, 7) is 5.72. The standard InChI is InChI=1S/C17H23N3O3/c1-11-14(12(2)20-17(22)15(11)8-18)5-6-16(21)19-9-13-4-3-7-23-10-13/h13H,3-7,9-10H2,1-2H3,(H,19,21)(H,20,22)/t13-/m0/s1. The fourth-order valence-corrected chi connectivity index (χ4v) is 2.97. The smallest absolute Gasteiger partial charge is 0.266 e. The molecule has 1 saturated heterocycles. The van der Waals surface area contributed by atoms with E-state index in [9.17, 15) is 9.59 Å². The summed E-state index contributed by atoms with van der Waals surface area (Å²) in [5.41, 5.74) is 2.03. The Morgan fingerprint density at radius 1 is 1.48 bits per heavy atom. The minimum Gasteiger partial charge on any atom is -0.381 e. The first-order valence-corrected chi connectivity index (χ1v) is 7.99. The Bertz CT molecular complexity index is 667. The van der Waals surface area contributed by atoms with Crippen LogP contribution in [-0.4, -0.2) is 30.6 Å². The van der Waals surface area contributed by atoms with Gasteiger partial charge in [0.2, 0.25) is 5.91 Å². The molecule has 1 atom stereocenters. The predicted octanol–water partition coefficient (Wildman–Crippen LogP) is 1.34. The van der Waals surface area contributed by atoms with Crippen LogP contribution in [0.15, 0.2) is 4.79 Å². The van der Waals surface area contributed by atoms with Gasteiger partial charge in [-0.05, 0) is 50.2 Å². The molecule has 0 bridgehead atoms. The maximum atomic E-state index is 12.0. The number of nitriles is 1. The highest BCUT2D eigenvalue weighted by molar-refractivity contribution is 5.76. The monoisotopic (exact) mass is 317 g/mol. The number of pyridine rings is 1. The van der Waals surface area contributed by atoms with E-state index >= 15 is 0 Å². The molecule has 2 N–H and O–H groups in total. The number of ether oxygens (including phenoxy) is 1. The molecule has 124 valence electrons. The third-order valence-corrected chi connectivity index (χ3v) is 4.36. The first kappa shape index (κ1) is 17.2. The molecule has 1 aliphatic rings. The van der Waals surface area contributed by atoms with E-state index in [1.54, 1.807) is 13.8 Å². The van der Waals surface area contributed by atoms with Crippen molar-refractivity contribution in [1.29, 1.82) is 5.26 Å². The molecule has 1 fully saturated rings. The lowest BCUT2D eigenvalue weighted by atomic mass is 9.98. The topological polar surface area (TPSA) is 95.0 Å². The van der Waals surface area contributed by atoms with Crippen molar-refractivity contribution in [2.75, 3.05) is 19.8 Å². The molecule has 1 amide bonds. The molecular weight excluding hydrogens is 294 g/mol.